The molecule has 0 bridgehead atoms. The van der Waals surface area contributed by atoms with E-state index in [2.05, 4.69) is 6.58 Å². The maximum atomic E-state index is 11.5. The summed E-state index contributed by atoms with van der Waals surface area (Å²) in [7, 11) is 0. The lowest BCUT2D eigenvalue weighted by molar-refractivity contribution is -0.130. The van der Waals surface area contributed by atoms with Crippen molar-refractivity contribution in [3.8, 4) is 17.2 Å². The first-order chi connectivity index (χ1) is 12.5. The molecule has 6 heteroatoms. The molecule has 2 rings (SSSR count). The molecule has 0 N–H and O–H groups in total. The lowest BCUT2D eigenvalue weighted by atomic mass is 10.3. The zero-order valence-corrected chi connectivity index (χ0v) is 15.9. The summed E-state index contributed by atoms with van der Waals surface area (Å²) in [6.45, 7) is 9.53. The lowest BCUT2D eigenvalue weighted by Crippen LogP contribution is -2.15. The number of carbonyl (C=O) groups is 1. The van der Waals surface area contributed by atoms with Gasteiger partial charge in [0, 0.05) is 17.1 Å². The Kier molecular flexibility index (Phi) is 7.56. The molecule has 0 amide bonds. The summed E-state index contributed by atoms with van der Waals surface area (Å²) >= 11 is 1.23. The quantitative estimate of drug-likeness (QED) is 0.202. The molecule has 5 nitrogen and oxygen atoms in total. The monoisotopic (exact) mass is 374 g/mol. The van der Waals surface area contributed by atoms with Crippen LogP contribution in [-0.4, -0.2) is 18.9 Å². The Morgan fingerprint density at radius 2 is 1.62 bits per heavy atom. The van der Waals surface area contributed by atoms with Crippen molar-refractivity contribution >= 4 is 18.0 Å². The molecule has 2 aromatic rings. The normalized spacial score (nSPS) is 11.5. The van der Waals surface area contributed by atoms with Gasteiger partial charge >= 0.3 is 5.97 Å². The predicted octanol–water partition coefficient (Wildman–Crippen LogP) is 5.02. The zero-order chi connectivity index (χ0) is 18.9. The second kappa shape index (κ2) is 9.89. The van der Waals surface area contributed by atoms with Crippen LogP contribution in [0.4, 0.5) is 0 Å². The number of carbonyl (C=O) groups excluding carboxylic acids is 1. The van der Waals surface area contributed by atoms with Crippen molar-refractivity contribution in [3.63, 3.8) is 0 Å². The summed E-state index contributed by atoms with van der Waals surface area (Å²) in [4.78, 5) is 12.4. The van der Waals surface area contributed by atoms with Gasteiger partial charge in [0.2, 0.25) is 0 Å². The first-order valence-electron chi connectivity index (χ1n) is 8.18. The molecule has 2 aromatic carbocycles. The number of ether oxygens (including phenoxy) is 3. The Labute approximate surface area is 158 Å². The Morgan fingerprint density at radius 1 is 1.04 bits per heavy atom. The molecule has 0 saturated carbocycles. The van der Waals surface area contributed by atoms with Crippen molar-refractivity contribution in [2.24, 2.45) is 0 Å². The molecule has 0 aliphatic rings. The van der Waals surface area contributed by atoms with Crippen LogP contribution in [0.15, 0.2) is 65.6 Å². The zero-order valence-electron chi connectivity index (χ0n) is 15.1. The van der Waals surface area contributed by atoms with Gasteiger partial charge < -0.3 is 18.4 Å². The van der Waals surface area contributed by atoms with Gasteiger partial charge in [-0.15, -0.1) is 0 Å². The van der Waals surface area contributed by atoms with Crippen LogP contribution in [0.2, 0.25) is 0 Å². The predicted molar refractivity (Wildman–Crippen MR) is 102 cm³/mol. The molecule has 26 heavy (non-hydrogen) atoms. The van der Waals surface area contributed by atoms with E-state index in [-0.39, 0.29) is 6.29 Å². The minimum absolute atomic E-state index is 0.285. The van der Waals surface area contributed by atoms with Gasteiger partial charge in [-0.1, -0.05) is 6.58 Å². The molecule has 0 fully saturated rings. The average molecular weight is 374 g/mol. The van der Waals surface area contributed by atoms with Crippen molar-refractivity contribution in [1.82, 2.24) is 0 Å². The number of esters is 1. The van der Waals surface area contributed by atoms with Crippen molar-refractivity contribution < 1.29 is 23.2 Å². The Morgan fingerprint density at radius 3 is 2.19 bits per heavy atom. The van der Waals surface area contributed by atoms with E-state index in [0.29, 0.717) is 23.7 Å². The fraction of sp³-hybridized carbons (Fsp3) is 0.250. The first kappa shape index (κ1) is 19.9. The van der Waals surface area contributed by atoms with Gasteiger partial charge in [0.25, 0.3) is 0 Å². The molecule has 1 atom stereocenters. The highest BCUT2D eigenvalue weighted by Crippen LogP contribution is 2.27. The molecule has 138 valence electrons. The minimum atomic E-state index is -0.450. The fourth-order valence-corrected chi connectivity index (χ4v) is 2.44. The molecule has 0 saturated heterocycles. The number of rotatable bonds is 9. The molecule has 1 unspecified atom stereocenters. The highest BCUT2D eigenvalue weighted by molar-refractivity contribution is 7.95. The average Bonchev–Trinajstić information content (AvgIpc) is 2.62. The van der Waals surface area contributed by atoms with Crippen LogP contribution < -0.4 is 13.7 Å². The van der Waals surface area contributed by atoms with Crippen molar-refractivity contribution in [1.29, 1.82) is 0 Å². The van der Waals surface area contributed by atoms with Crippen LogP contribution in [0, 0.1) is 0 Å². The van der Waals surface area contributed by atoms with Crippen LogP contribution in [0.1, 0.15) is 20.8 Å². The van der Waals surface area contributed by atoms with Crippen LogP contribution in [-0.2, 0) is 9.53 Å². The molecule has 0 heterocycles. The molecule has 0 aliphatic carbocycles. The second-order valence-electron chi connectivity index (χ2n) is 5.42. The Bertz CT molecular complexity index is 725. The molecule has 0 radical (unpaired) electrons. The molecule has 0 spiro atoms. The maximum absolute atomic E-state index is 11.5. The van der Waals surface area contributed by atoms with E-state index in [9.17, 15) is 4.79 Å². The van der Waals surface area contributed by atoms with Gasteiger partial charge in [-0.3, -0.25) is 0 Å². The summed E-state index contributed by atoms with van der Waals surface area (Å²) < 4.78 is 21.7. The van der Waals surface area contributed by atoms with Gasteiger partial charge in [0.1, 0.15) is 17.2 Å². The van der Waals surface area contributed by atoms with Gasteiger partial charge in [-0.25, -0.2) is 4.79 Å². The maximum Gasteiger partial charge on any atom is 0.338 e. The van der Waals surface area contributed by atoms with E-state index in [1.807, 2.05) is 38.1 Å². The van der Waals surface area contributed by atoms with E-state index in [1.54, 1.807) is 31.2 Å². The van der Waals surface area contributed by atoms with E-state index in [4.69, 9.17) is 18.4 Å². The second-order valence-corrected chi connectivity index (χ2v) is 6.22. The third-order valence-corrected chi connectivity index (χ3v) is 3.88. The van der Waals surface area contributed by atoms with Gasteiger partial charge in [-0.2, -0.15) is 0 Å². The van der Waals surface area contributed by atoms with Crippen LogP contribution in [0.5, 0.6) is 17.2 Å². The van der Waals surface area contributed by atoms with Gasteiger partial charge in [-0.05, 0) is 69.3 Å². The van der Waals surface area contributed by atoms with Crippen molar-refractivity contribution in [2.45, 2.75) is 32.0 Å². The summed E-state index contributed by atoms with van der Waals surface area (Å²) in [5, 5.41) is 0. The molecule has 0 aliphatic heterocycles. The van der Waals surface area contributed by atoms with E-state index in [0.717, 1.165) is 10.6 Å². The standard InChI is InChI=1S/C20H22O5S/c1-5-22-15(4)23-16-10-12-19(13-11-16)26-25-18-8-6-17(7-9-18)24-20(21)14(2)3/h6-13,15H,2,5H2,1,3-4H3. The summed E-state index contributed by atoms with van der Waals surface area (Å²) in [6.07, 6.45) is -0.285. The Hall–Kier alpha value is -2.44. The first-order valence-corrected chi connectivity index (χ1v) is 8.92. The topological polar surface area (TPSA) is 54.0 Å². The summed E-state index contributed by atoms with van der Waals surface area (Å²) in [5.41, 5.74) is 0.351. The molecular formula is C20H22O5S. The third-order valence-electron chi connectivity index (χ3n) is 3.14. The summed E-state index contributed by atoms with van der Waals surface area (Å²) in [6, 6.07) is 14.3. The summed E-state index contributed by atoms with van der Waals surface area (Å²) in [5.74, 6) is 1.38. The van der Waals surface area contributed by atoms with E-state index < -0.39 is 5.97 Å². The fourth-order valence-electron chi connectivity index (χ4n) is 1.89. The minimum Gasteiger partial charge on any atom is -0.465 e. The molecular weight excluding hydrogens is 352 g/mol. The highest BCUT2D eigenvalue weighted by atomic mass is 32.2. The largest absolute Gasteiger partial charge is 0.465 e. The van der Waals surface area contributed by atoms with Crippen LogP contribution in [0.3, 0.4) is 0 Å². The number of hydrogen-bond donors (Lipinski definition) is 0. The third kappa shape index (κ3) is 6.46. The number of hydrogen-bond acceptors (Lipinski definition) is 6. The van der Waals surface area contributed by atoms with Gasteiger partial charge in [0.05, 0.1) is 12.0 Å². The van der Waals surface area contributed by atoms with Gasteiger partial charge in [0.15, 0.2) is 6.29 Å². The Balaban J connectivity index is 1.84. The SMILES string of the molecule is C=C(C)C(=O)Oc1ccc(OSc2ccc(OC(C)OCC)cc2)cc1. The number of benzene rings is 2. The van der Waals surface area contributed by atoms with E-state index >= 15 is 0 Å². The molecule has 0 aromatic heterocycles. The lowest BCUT2D eigenvalue weighted by Gasteiger charge is -2.14. The van der Waals surface area contributed by atoms with Crippen LogP contribution in [0.25, 0.3) is 0 Å². The highest BCUT2D eigenvalue weighted by Gasteiger charge is 2.06. The van der Waals surface area contributed by atoms with E-state index in [1.165, 1.54) is 12.0 Å². The smallest absolute Gasteiger partial charge is 0.338 e. The van der Waals surface area contributed by atoms with Crippen LogP contribution >= 0.6 is 12.0 Å². The van der Waals surface area contributed by atoms with Crippen molar-refractivity contribution in [2.75, 3.05) is 6.61 Å². The van der Waals surface area contributed by atoms with Crippen molar-refractivity contribution in [3.05, 3.63) is 60.7 Å².